The SMILES string of the molecule is [C-]#[N+]c1ccc(N(c2ccc3c(c2)c2cc(N(c4ccc([N+]#[C-])cc4)c4cccc5c4oc4c(F)cccc45)cc4c2n3-c2ccccc2C42c3ccc4ccccc4c3-c3c2ccc2ccccc32)c2cccc3c2oc2c(F)cccc23)cc1. The van der Waals surface area contributed by atoms with Crippen LogP contribution in [0.5, 0.6) is 0 Å². The van der Waals surface area contributed by atoms with Crippen molar-refractivity contribution in [2.45, 2.75) is 5.41 Å². The molecule has 3 aromatic heterocycles. The molecule has 13 aromatic carbocycles. The molecule has 18 rings (SSSR count). The highest BCUT2D eigenvalue weighted by molar-refractivity contribution is 6.19. The zero-order valence-corrected chi connectivity index (χ0v) is 45.5. The molecule has 86 heavy (non-hydrogen) atoms. The minimum atomic E-state index is -0.909. The van der Waals surface area contributed by atoms with Crippen LogP contribution in [-0.2, 0) is 5.41 Å². The van der Waals surface area contributed by atoms with Crippen molar-refractivity contribution in [1.82, 2.24) is 4.57 Å². The van der Waals surface area contributed by atoms with Gasteiger partial charge >= 0.3 is 0 Å². The van der Waals surface area contributed by atoms with Gasteiger partial charge in [-0.1, -0.05) is 164 Å². The van der Waals surface area contributed by atoms with Gasteiger partial charge in [-0.2, -0.15) is 0 Å². The maximum absolute atomic E-state index is 16.0. The highest BCUT2D eigenvalue weighted by atomic mass is 19.1. The van der Waals surface area contributed by atoms with Gasteiger partial charge in [0.1, 0.15) is 0 Å². The molecule has 0 saturated heterocycles. The molecule has 4 heterocycles. The number of rotatable bonds is 6. The van der Waals surface area contributed by atoms with Crippen molar-refractivity contribution in [1.29, 1.82) is 0 Å². The summed E-state index contributed by atoms with van der Waals surface area (Å²) in [6.07, 6.45) is 0. The van der Waals surface area contributed by atoms with Crippen LogP contribution in [0.2, 0.25) is 0 Å². The Balaban J connectivity index is 1.01. The van der Waals surface area contributed by atoms with Gasteiger partial charge in [0.15, 0.2) is 45.3 Å². The minimum Gasteiger partial charge on any atom is -0.451 e. The summed E-state index contributed by atoms with van der Waals surface area (Å²) >= 11 is 0. The van der Waals surface area contributed by atoms with Crippen LogP contribution in [0, 0.1) is 24.8 Å². The fraction of sp³-hybridized carbons (Fsp3) is 0.0130. The summed E-state index contributed by atoms with van der Waals surface area (Å²) in [6.45, 7) is 15.9. The van der Waals surface area contributed by atoms with Gasteiger partial charge < -0.3 is 23.2 Å². The lowest BCUT2D eigenvalue weighted by Gasteiger charge is -2.40. The normalized spacial score (nSPS) is 12.8. The molecule has 400 valence electrons. The van der Waals surface area contributed by atoms with Crippen LogP contribution in [0.25, 0.3) is 114 Å². The van der Waals surface area contributed by atoms with Crippen molar-refractivity contribution in [2.75, 3.05) is 9.80 Å². The first-order chi connectivity index (χ1) is 42.4. The average Bonchev–Trinajstić information content (AvgIpc) is 1.47. The Morgan fingerprint density at radius 3 is 1.38 bits per heavy atom. The van der Waals surface area contributed by atoms with Gasteiger partial charge in [0.25, 0.3) is 0 Å². The van der Waals surface area contributed by atoms with Crippen LogP contribution in [-0.4, -0.2) is 4.57 Å². The van der Waals surface area contributed by atoms with Gasteiger partial charge in [0, 0.05) is 55.1 Å². The van der Waals surface area contributed by atoms with Gasteiger partial charge in [-0.3, -0.25) is 0 Å². The van der Waals surface area contributed by atoms with Crippen molar-refractivity contribution in [2.24, 2.45) is 0 Å². The third-order valence-electron chi connectivity index (χ3n) is 18.1. The summed E-state index contributed by atoms with van der Waals surface area (Å²) in [6, 6.07) is 83.8. The lowest BCUT2D eigenvalue weighted by atomic mass is 9.65. The van der Waals surface area contributed by atoms with Crippen molar-refractivity contribution in [3.63, 3.8) is 0 Å². The van der Waals surface area contributed by atoms with E-state index in [0.717, 1.165) is 105 Å². The van der Waals surface area contributed by atoms with Gasteiger partial charge in [0.05, 0.1) is 46.7 Å². The molecule has 9 heteroatoms. The fourth-order valence-corrected chi connectivity index (χ4v) is 14.6. The number of furan rings is 2. The quantitative estimate of drug-likeness (QED) is 0.156. The third-order valence-corrected chi connectivity index (χ3v) is 18.1. The maximum Gasteiger partial charge on any atom is 0.187 e. The van der Waals surface area contributed by atoms with Crippen molar-refractivity contribution < 1.29 is 17.6 Å². The fourth-order valence-electron chi connectivity index (χ4n) is 14.6. The summed E-state index contributed by atoms with van der Waals surface area (Å²) in [5, 5.41) is 9.38. The van der Waals surface area contributed by atoms with Crippen LogP contribution in [0.15, 0.2) is 258 Å². The number of nitrogens with zero attached hydrogens (tertiary/aromatic N) is 5. The number of halogens is 2. The topological polar surface area (TPSA) is 46.4 Å². The Bertz CT molecular complexity index is 5660. The van der Waals surface area contributed by atoms with Crippen LogP contribution < -0.4 is 9.80 Å². The molecule has 0 unspecified atom stereocenters. The Labute approximate surface area is 489 Å². The molecule has 0 N–H and O–H groups in total. The highest BCUT2D eigenvalue weighted by Gasteiger charge is 2.52. The van der Waals surface area contributed by atoms with E-state index in [4.69, 9.17) is 22.0 Å². The predicted octanol–water partition coefficient (Wildman–Crippen LogP) is 21.9. The number of hydrogen-bond acceptors (Lipinski definition) is 4. The number of para-hydroxylation sites is 5. The molecule has 0 radical (unpaired) electrons. The lowest BCUT2D eigenvalue weighted by molar-refractivity contribution is 0.584. The van der Waals surface area contributed by atoms with E-state index in [-0.39, 0.29) is 11.2 Å². The van der Waals surface area contributed by atoms with E-state index in [1.165, 1.54) is 23.3 Å². The van der Waals surface area contributed by atoms with Crippen molar-refractivity contribution in [3.05, 3.63) is 305 Å². The van der Waals surface area contributed by atoms with E-state index >= 15 is 8.78 Å². The van der Waals surface area contributed by atoms with E-state index in [0.29, 0.717) is 44.7 Å². The number of fused-ring (bicyclic) bond motifs is 22. The number of benzene rings is 13. The Hall–Kier alpha value is -11.8. The monoisotopic (exact) mass is 1110 g/mol. The first-order valence-corrected chi connectivity index (χ1v) is 28.4. The van der Waals surface area contributed by atoms with E-state index in [2.05, 4.69) is 151 Å². The van der Waals surface area contributed by atoms with Crippen LogP contribution in [0.1, 0.15) is 22.3 Å². The molecule has 7 nitrogen and oxygen atoms in total. The molecular formula is C77H41F2N5O2. The van der Waals surface area contributed by atoms with Crippen LogP contribution in [0.4, 0.5) is 54.3 Å². The molecule has 0 bridgehead atoms. The van der Waals surface area contributed by atoms with Gasteiger partial charge in [-0.05, 0) is 140 Å². The molecule has 1 aliphatic heterocycles. The second-order valence-corrected chi connectivity index (χ2v) is 22.3. The smallest absolute Gasteiger partial charge is 0.187 e. The molecule has 16 aromatic rings. The van der Waals surface area contributed by atoms with Gasteiger partial charge in [-0.15, -0.1) is 0 Å². The molecular weight excluding hydrogens is 1060 g/mol. The molecule has 1 spiro atoms. The summed E-state index contributed by atoms with van der Waals surface area (Å²) in [5.74, 6) is -0.901. The predicted molar refractivity (Wildman–Crippen MR) is 343 cm³/mol. The van der Waals surface area contributed by atoms with E-state index in [9.17, 15) is 0 Å². The van der Waals surface area contributed by atoms with Crippen LogP contribution in [0.3, 0.4) is 0 Å². The zero-order valence-electron chi connectivity index (χ0n) is 45.5. The Kier molecular flexibility index (Phi) is 9.80. The van der Waals surface area contributed by atoms with Gasteiger partial charge in [-0.25, -0.2) is 18.5 Å². The second kappa shape index (κ2) is 17.6. The Morgan fingerprint density at radius 2 is 0.826 bits per heavy atom. The van der Waals surface area contributed by atoms with E-state index in [1.54, 1.807) is 12.1 Å². The average molecular weight is 1110 g/mol. The largest absolute Gasteiger partial charge is 0.451 e. The summed E-state index contributed by atoms with van der Waals surface area (Å²) in [5.41, 5.74) is 15.9. The molecule has 2 aliphatic rings. The number of anilines is 6. The van der Waals surface area contributed by atoms with Gasteiger partial charge in [0.2, 0.25) is 0 Å². The maximum atomic E-state index is 16.0. The van der Waals surface area contributed by atoms with E-state index < -0.39 is 17.0 Å². The molecule has 0 amide bonds. The van der Waals surface area contributed by atoms with E-state index in [1.807, 2.05) is 97.1 Å². The number of aromatic nitrogens is 1. The summed E-state index contributed by atoms with van der Waals surface area (Å²) in [7, 11) is 0. The zero-order chi connectivity index (χ0) is 57.1. The first-order valence-electron chi connectivity index (χ1n) is 28.4. The van der Waals surface area contributed by atoms with Crippen molar-refractivity contribution >= 4 is 133 Å². The molecule has 1 aliphatic carbocycles. The summed E-state index contributed by atoms with van der Waals surface area (Å²) in [4.78, 5) is 11.9. The second-order valence-electron chi connectivity index (χ2n) is 22.3. The highest BCUT2D eigenvalue weighted by Crippen LogP contribution is 2.64. The van der Waals surface area contributed by atoms with Crippen molar-refractivity contribution in [3.8, 4) is 16.8 Å². The first kappa shape index (κ1) is 47.8. The Morgan fingerprint density at radius 1 is 0.360 bits per heavy atom. The number of hydrogen-bond donors (Lipinski definition) is 0. The summed E-state index contributed by atoms with van der Waals surface area (Å²) < 4.78 is 47.4. The van der Waals surface area contributed by atoms with Crippen LogP contribution >= 0.6 is 0 Å². The lowest BCUT2D eigenvalue weighted by Crippen LogP contribution is -2.33. The third kappa shape index (κ3) is 6.35. The standard InChI is InChI=1S/C77H41F2N5O2/c1-80-46-29-33-48(34-30-46)82(68-25-11-19-56-54-17-9-22-64(78)73(54)85-75(56)68)50-37-40-66-58(41-50)59-42-51(83(49-35-31-47(81-2)32-36-49)69-26-12-20-57-55-18-10-23-65(79)74(55)86-76(57)69)43-63-72(59)84(66)67-24-8-7-21-60(67)77(63)61-38-27-44-13-3-5-15-52(44)70(61)71-53-16-6-4-14-45(53)28-39-62(71)77/h3-43H. The molecule has 0 fully saturated rings. The molecule has 0 atom stereocenters. The minimum absolute atomic E-state index is 0.172. The molecule has 0 saturated carbocycles.